The number of hydrogen-bond acceptors (Lipinski definition) is 3. The van der Waals surface area contributed by atoms with Crippen molar-refractivity contribution in [2.45, 2.75) is 0 Å². The molecule has 0 spiro atoms. The third-order valence-electron chi connectivity index (χ3n) is 0.393. The first-order chi connectivity index (χ1) is 3.81. The summed E-state index contributed by atoms with van der Waals surface area (Å²) in [5.74, 6) is 0. The number of alkyl halides is 1. The zero-order chi connectivity index (χ0) is 6.41. The van der Waals surface area contributed by atoms with Crippen LogP contribution in [0.3, 0.4) is 0 Å². The van der Waals surface area contributed by atoms with Gasteiger partial charge in [0.05, 0.1) is 13.7 Å². The molecule has 0 aliphatic rings. The summed E-state index contributed by atoms with van der Waals surface area (Å²) in [7, 11) is 1.32. The van der Waals surface area contributed by atoms with Crippen molar-refractivity contribution in [3.05, 3.63) is 0 Å². The average molecular weight is 203 g/mol. The second-order valence-corrected chi connectivity index (χ2v) is 2.65. The van der Waals surface area contributed by atoms with Crippen molar-refractivity contribution in [2.75, 3.05) is 19.0 Å². The Bertz CT molecular complexity index is 76.9. The Morgan fingerprint density at radius 2 is 2.38 bits per heavy atom. The monoisotopic (exact) mass is 202 g/mol. The molecule has 0 saturated carbocycles. The van der Waals surface area contributed by atoms with E-state index in [4.69, 9.17) is 0 Å². The van der Waals surface area contributed by atoms with E-state index in [2.05, 4.69) is 24.3 Å². The van der Waals surface area contributed by atoms with E-state index in [9.17, 15) is 4.21 Å². The summed E-state index contributed by atoms with van der Waals surface area (Å²) in [6, 6.07) is 0. The molecule has 0 aromatic heterocycles. The Hall–Kier alpha value is 0.550. The van der Waals surface area contributed by atoms with Crippen molar-refractivity contribution in [1.82, 2.24) is 0 Å². The summed E-state index contributed by atoms with van der Waals surface area (Å²) in [6.45, 7) is 0.403. The largest absolute Gasteiger partial charge is 0.304 e. The molecule has 0 aromatic carbocycles. The van der Waals surface area contributed by atoms with Gasteiger partial charge in [0.1, 0.15) is 0 Å². The van der Waals surface area contributed by atoms with Crippen molar-refractivity contribution >= 4 is 27.3 Å². The lowest BCUT2D eigenvalue weighted by molar-refractivity contribution is 0.299. The summed E-state index contributed by atoms with van der Waals surface area (Å²) < 4.78 is 19.0. The molecule has 0 radical (unpaired) electrons. The molecule has 0 fully saturated rings. The first-order valence-corrected chi connectivity index (χ1v) is 4.09. The fourth-order valence-electron chi connectivity index (χ4n) is 0.148. The Morgan fingerprint density at radius 3 is 2.75 bits per heavy atom. The molecular weight excluding hydrogens is 196 g/mol. The van der Waals surface area contributed by atoms with Crippen LogP contribution in [0.2, 0.25) is 0 Å². The summed E-state index contributed by atoms with van der Waals surface area (Å²) in [6.07, 6.45) is 0. The molecule has 0 rings (SSSR count). The van der Waals surface area contributed by atoms with Gasteiger partial charge in [-0.3, -0.25) is 8.37 Å². The minimum Gasteiger partial charge on any atom is -0.272 e. The smallest absolute Gasteiger partial charge is 0.272 e. The minimum absolute atomic E-state index is 0.403. The molecule has 0 amide bonds. The van der Waals surface area contributed by atoms with Crippen LogP contribution in [-0.4, -0.2) is 23.3 Å². The predicted molar refractivity (Wildman–Crippen MR) is 34.9 cm³/mol. The molecule has 8 heavy (non-hydrogen) atoms. The van der Waals surface area contributed by atoms with Gasteiger partial charge in [-0.25, -0.2) is 0 Å². The SMILES string of the molecule is COS(=O)OCCBr. The van der Waals surface area contributed by atoms with E-state index in [1.807, 2.05) is 0 Å². The van der Waals surface area contributed by atoms with Crippen molar-refractivity contribution in [3.8, 4) is 0 Å². The molecule has 0 saturated heterocycles. The molecule has 3 nitrogen and oxygen atoms in total. The van der Waals surface area contributed by atoms with Crippen LogP contribution in [0.25, 0.3) is 0 Å². The van der Waals surface area contributed by atoms with Gasteiger partial charge < -0.3 is 0 Å². The maximum atomic E-state index is 10.2. The average Bonchev–Trinajstić information content (AvgIpc) is 1.83. The Kier molecular flexibility index (Phi) is 6.07. The van der Waals surface area contributed by atoms with E-state index >= 15 is 0 Å². The van der Waals surface area contributed by atoms with Gasteiger partial charge in [-0.15, -0.1) is 0 Å². The minimum atomic E-state index is -1.56. The molecule has 0 aliphatic carbocycles. The highest BCUT2D eigenvalue weighted by atomic mass is 79.9. The van der Waals surface area contributed by atoms with Gasteiger partial charge in [0.25, 0.3) is 0 Å². The molecule has 1 atom stereocenters. The fraction of sp³-hybridized carbons (Fsp3) is 1.00. The quantitative estimate of drug-likeness (QED) is 0.628. The van der Waals surface area contributed by atoms with Crippen LogP contribution >= 0.6 is 15.9 Å². The lowest BCUT2D eigenvalue weighted by atomic mass is 10.9. The Balaban J connectivity index is 2.99. The molecule has 1 unspecified atom stereocenters. The van der Waals surface area contributed by atoms with Gasteiger partial charge in [-0.2, -0.15) is 4.21 Å². The van der Waals surface area contributed by atoms with Crippen molar-refractivity contribution in [2.24, 2.45) is 0 Å². The molecular formula is C3H7BrO3S. The molecule has 0 N–H and O–H groups in total. The van der Waals surface area contributed by atoms with Crippen LogP contribution in [0.4, 0.5) is 0 Å². The Labute approximate surface area is 59.4 Å². The zero-order valence-corrected chi connectivity index (χ0v) is 6.83. The van der Waals surface area contributed by atoms with Crippen molar-refractivity contribution in [1.29, 1.82) is 0 Å². The molecule has 0 heterocycles. The van der Waals surface area contributed by atoms with Gasteiger partial charge in [-0.1, -0.05) is 15.9 Å². The zero-order valence-electron chi connectivity index (χ0n) is 4.43. The molecule has 0 aliphatic heterocycles. The number of hydrogen-bond donors (Lipinski definition) is 0. The van der Waals surface area contributed by atoms with Gasteiger partial charge in [0.15, 0.2) is 0 Å². The third-order valence-corrected chi connectivity index (χ3v) is 1.35. The fourth-order valence-corrected chi connectivity index (χ4v) is 0.839. The van der Waals surface area contributed by atoms with Crippen LogP contribution in [0, 0.1) is 0 Å². The predicted octanol–water partition coefficient (Wildman–Crippen LogP) is 0.623. The maximum Gasteiger partial charge on any atom is 0.304 e. The first-order valence-electron chi connectivity index (χ1n) is 1.96. The van der Waals surface area contributed by atoms with Crippen LogP contribution in [0.1, 0.15) is 0 Å². The van der Waals surface area contributed by atoms with E-state index in [1.165, 1.54) is 7.11 Å². The Morgan fingerprint density at radius 1 is 1.75 bits per heavy atom. The van der Waals surface area contributed by atoms with Crippen LogP contribution in [-0.2, 0) is 19.7 Å². The standard InChI is InChI=1S/C3H7BrO3S/c1-6-8(5)7-3-2-4/h2-3H2,1H3. The van der Waals surface area contributed by atoms with E-state index in [1.54, 1.807) is 0 Å². The molecule has 5 heteroatoms. The summed E-state index contributed by atoms with van der Waals surface area (Å²) in [5, 5.41) is 0.669. The number of halogens is 1. The van der Waals surface area contributed by atoms with Crippen molar-refractivity contribution in [3.63, 3.8) is 0 Å². The maximum absolute atomic E-state index is 10.2. The van der Waals surface area contributed by atoms with E-state index in [0.717, 1.165) is 0 Å². The molecule has 50 valence electrons. The topological polar surface area (TPSA) is 35.5 Å². The van der Waals surface area contributed by atoms with Gasteiger partial charge in [0.2, 0.25) is 0 Å². The van der Waals surface area contributed by atoms with Crippen LogP contribution in [0.15, 0.2) is 0 Å². The molecule has 0 bridgehead atoms. The number of rotatable bonds is 4. The van der Waals surface area contributed by atoms with E-state index in [-0.39, 0.29) is 0 Å². The first kappa shape index (κ1) is 8.55. The highest BCUT2D eigenvalue weighted by Gasteiger charge is 1.92. The van der Waals surface area contributed by atoms with Crippen molar-refractivity contribution < 1.29 is 12.6 Å². The van der Waals surface area contributed by atoms with E-state index < -0.39 is 11.4 Å². The molecule has 0 aromatic rings. The second kappa shape index (κ2) is 5.68. The van der Waals surface area contributed by atoms with Crippen LogP contribution in [0.5, 0.6) is 0 Å². The summed E-state index contributed by atoms with van der Waals surface area (Å²) in [5.41, 5.74) is 0. The summed E-state index contributed by atoms with van der Waals surface area (Å²) in [4.78, 5) is 0. The van der Waals surface area contributed by atoms with Gasteiger partial charge >= 0.3 is 11.4 Å². The highest BCUT2D eigenvalue weighted by molar-refractivity contribution is 9.09. The van der Waals surface area contributed by atoms with Gasteiger partial charge in [-0.05, 0) is 0 Å². The summed E-state index contributed by atoms with van der Waals surface area (Å²) >= 11 is 1.54. The third kappa shape index (κ3) is 4.70. The van der Waals surface area contributed by atoms with Crippen LogP contribution < -0.4 is 0 Å². The van der Waals surface area contributed by atoms with E-state index in [0.29, 0.717) is 11.9 Å². The lowest BCUT2D eigenvalue weighted by Gasteiger charge is -1.94. The normalized spacial score (nSPS) is 13.8. The van der Waals surface area contributed by atoms with Gasteiger partial charge in [0, 0.05) is 5.33 Å². The lowest BCUT2D eigenvalue weighted by Crippen LogP contribution is -2.00. The highest BCUT2D eigenvalue weighted by Crippen LogP contribution is 1.87. The second-order valence-electron chi connectivity index (χ2n) is 0.882.